The van der Waals surface area contributed by atoms with Crippen molar-refractivity contribution in [3.63, 3.8) is 0 Å². The maximum Gasteiger partial charge on any atom is 0.323 e. The Balaban J connectivity index is 2.04. The monoisotopic (exact) mass is 282 g/mol. The molecule has 1 fully saturated rings. The molecule has 1 saturated carbocycles. The third-order valence-corrected chi connectivity index (χ3v) is 4.21. The first-order valence-corrected chi connectivity index (χ1v) is 7.36. The fourth-order valence-electron chi connectivity index (χ4n) is 2.53. The number of thiazole rings is 1. The average Bonchev–Trinajstić information content (AvgIpc) is 2.97. The van der Waals surface area contributed by atoms with Crippen molar-refractivity contribution in [3.8, 4) is 0 Å². The van der Waals surface area contributed by atoms with Gasteiger partial charge < -0.3 is 10.0 Å². The second-order valence-electron chi connectivity index (χ2n) is 4.89. The van der Waals surface area contributed by atoms with Crippen LogP contribution in [0.1, 0.15) is 36.4 Å². The second kappa shape index (κ2) is 6.14. The maximum absolute atomic E-state index is 12.3. The van der Waals surface area contributed by atoms with Gasteiger partial charge in [-0.1, -0.05) is 12.8 Å². The van der Waals surface area contributed by atoms with Gasteiger partial charge in [-0.2, -0.15) is 0 Å². The summed E-state index contributed by atoms with van der Waals surface area (Å²) in [6, 6.07) is 0.0864. The zero-order valence-electron chi connectivity index (χ0n) is 11.0. The molecule has 1 heterocycles. The van der Waals surface area contributed by atoms with Crippen molar-refractivity contribution in [1.82, 2.24) is 9.88 Å². The molecule has 0 aromatic carbocycles. The van der Waals surface area contributed by atoms with Gasteiger partial charge in [0.1, 0.15) is 6.54 Å². The SMILES string of the molecule is Cc1nc(CC(=O)N(CC(=O)O)C2CCCC2)cs1. The molecule has 0 bridgehead atoms. The van der Waals surface area contributed by atoms with Gasteiger partial charge in [-0.05, 0) is 19.8 Å². The van der Waals surface area contributed by atoms with Crippen LogP contribution in [-0.4, -0.2) is 39.5 Å². The summed E-state index contributed by atoms with van der Waals surface area (Å²) in [7, 11) is 0. The number of rotatable bonds is 5. The molecule has 2 rings (SSSR count). The van der Waals surface area contributed by atoms with E-state index in [1.807, 2.05) is 12.3 Å². The zero-order valence-corrected chi connectivity index (χ0v) is 11.8. The minimum Gasteiger partial charge on any atom is -0.480 e. The molecule has 19 heavy (non-hydrogen) atoms. The number of amides is 1. The van der Waals surface area contributed by atoms with Gasteiger partial charge in [0.2, 0.25) is 5.91 Å². The maximum atomic E-state index is 12.3. The molecule has 5 nitrogen and oxygen atoms in total. The highest BCUT2D eigenvalue weighted by molar-refractivity contribution is 7.09. The highest BCUT2D eigenvalue weighted by Crippen LogP contribution is 2.24. The smallest absolute Gasteiger partial charge is 0.323 e. The van der Waals surface area contributed by atoms with Crippen LogP contribution in [0.3, 0.4) is 0 Å². The van der Waals surface area contributed by atoms with E-state index >= 15 is 0 Å². The first-order valence-electron chi connectivity index (χ1n) is 6.48. The van der Waals surface area contributed by atoms with Crippen LogP contribution in [0.15, 0.2) is 5.38 Å². The van der Waals surface area contributed by atoms with Gasteiger partial charge in [0.15, 0.2) is 0 Å². The fraction of sp³-hybridized carbons (Fsp3) is 0.615. The number of carboxylic acids is 1. The van der Waals surface area contributed by atoms with E-state index in [2.05, 4.69) is 4.98 Å². The quantitative estimate of drug-likeness (QED) is 0.894. The molecule has 1 aliphatic rings. The van der Waals surface area contributed by atoms with Crippen LogP contribution >= 0.6 is 11.3 Å². The molecule has 0 atom stereocenters. The summed E-state index contributed by atoms with van der Waals surface area (Å²) < 4.78 is 0. The minimum absolute atomic E-state index is 0.0864. The predicted molar refractivity (Wildman–Crippen MR) is 72.2 cm³/mol. The lowest BCUT2D eigenvalue weighted by Crippen LogP contribution is -2.43. The Morgan fingerprint density at radius 1 is 1.47 bits per heavy atom. The highest BCUT2D eigenvalue weighted by Gasteiger charge is 2.28. The normalized spacial score (nSPS) is 15.6. The Hall–Kier alpha value is -1.43. The summed E-state index contributed by atoms with van der Waals surface area (Å²) in [5.41, 5.74) is 0.737. The number of aryl methyl sites for hydroxylation is 1. The van der Waals surface area contributed by atoms with Crippen LogP contribution in [0.2, 0.25) is 0 Å². The number of hydrogen-bond donors (Lipinski definition) is 1. The van der Waals surface area contributed by atoms with Crippen molar-refractivity contribution in [2.45, 2.75) is 45.1 Å². The molecule has 0 radical (unpaired) electrons. The Morgan fingerprint density at radius 2 is 2.16 bits per heavy atom. The lowest BCUT2D eigenvalue weighted by molar-refractivity contribution is -0.145. The Morgan fingerprint density at radius 3 is 2.68 bits per heavy atom. The van der Waals surface area contributed by atoms with Crippen LogP contribution in [0, 0.1) is 6.92 Å². The van der Waals surface area contributed by atoms with E-state index < -0.39 is 5.97 Å². The molecular formula is C13H18N2O3S. The lowest BCUT2D eigenvalue weighted by atomic mass is 10.2. The summed E-state index contributed by atoms with van der Waals surface area (Å²) in [5.74, 6) is -1.07. The molecular weight excluding hydrogens is 264 g/mol. The number of nitrogens with zero attached hydrogens (tertiary/aromatic N) is 2. The highest BCUT2D eigenvalue weighted by atomic mass is 32.1. The molecule has 1 amide bonds. The van der Waals surface area contributed by atoms with Crippen molar-refractivity contribution in [1.29, 1.82) is 0 Å². The third kappa shape index (κ3) is 3.76. The van der Waals surface area contributed by atoms with Crippen LogP contribution in [-0.2, 0) is 16.0 Å². The number of carbonyl (C=O) groups is 2. The van der Waals surface area contributed by atoms with E-state index in [0.717, 1.165) is 36.4 Å². The number of carboxylic acid groups (broad SMARTS) is 1. The first kappa shape index (κ1) is 14.0. The van der Waals surface area contributed by atoms with Crippen LogP contribution in [0.4, 0.5) is 0 Å². The molecule has 0 unspecified atom stereocenters. The Labute approximate surface area is 116 Å². The molecule has 0 saturated heterocycles. The Bertz CT molecular complexity index is 466. The first-order chi connectivity index (χ1) is 9.06. The third-order valence-electron chi connectivity index (χ3n) is 3.39. The largest absolute Gasteiger partial charge is 0.480 e. The van der Waals surface area contributed by atoms with Gasteiger partial charge in [0.25, 0.3) is 0 Å². The predicted octanol–water partition coefficient (Wildman–Crippen LogP) is 1.85. The van der Waals surface area contributed by atoms with Crippen molar-refractivity contribution in [2.75, 3.05) is 6.54 Å². The van der Waals surface area contributed by atoms with Crippen LogP contribution in [0.5, 0.6) is 0 Å². The number of carbonyl (C=O) groups excluding carboxylic acids is 1. The van der Waals surface area contributed by atoms with E-state index in [-0.39, 0.29) is 24.9 Å². The molecule has 6 heteroatoms. The van der Waals surface area contributed by atoms with Gasteiger partial charge in [0, 0.05) is 11.4 Å². The topological polar surface area (TPSA) is 70.5 Å². The van der Waals surface area contributed by atoms with Crippen molar-refractivity contribution in [2.24, 2.45) is 0 Å². The summed E-state index contributed by atoms with van der Waals surface area (Å²) >= 11 is 1.51. The zero-order chi connectivity index (χ0) is 13.8. The molecule has 1 N–H and O–H groups in total. The summed E-state index contributed by atoms with van der Waals surface area (Å²) in [4.78, 5) is 29.0. The Kier molecular flexibility index (Phi) is 4.52. The summed E-state index contributed by atoms with van der Waals surface area (Å²) in [5, 5.41) is 11.7. The molecule has 1 aromatic rings. The van der Waals surface area contributed by atoms with E-state index in [1.165, 1.54) is 16.2 Å². The molecule has 0 spiro atoms. The summed E-state index contributed by atoms with van der Waals surface area (Å²) in [6.07, 6.45) is 4.17. The minimum atomic E-state index is -0.949. The number of aromatic nitrogens is 1. The van der Waals surface area contributed by atoms with Gasteiger partial charge in [-0.25, -0.2) is 4.98 Å². The second-order valence-corrected chi connectivity index (χ2v) is 5.95. The van der Waals surface area contributed by atoms with Crippen molar-refractivity contribution in [3.05, 3.63) is 16.1 Å². The van der Waals surface area contributed by atoms with E-state index in [4.69, 9.17) is 5.11 Å². The van der Waals surface area contributed by atoms with Crippen LogP contribution < -0.4 is 0 Å². The molecule has 1 aromatic heterocycles. The average molecular weight is 282 g/mol. The molecule has 0 aliphatic heterocycles. The summed E-state index contributed by atoms with van der Waals surface area (Å²) in [6.45, 7) is 1.69. The molecule has 104 valence electrons. The fourth-order valence-corrected chi connectivity index (χ4v) is 3.14. The van der Waals surface area contributed by atoms with E-state index in [0.29, 0.717) is 0 Å². The van der Waals surface area contributed by atoms with Gasteiger partial charge in [-0.3, -0.25) is 9.59 Å². The van der Waals surface area contributed by atoms with Crippen molar-refractivity contribution < 1.29 is 14.7 Å². The van der Waals surface area contributed by atoms with Crippen LogP contribution in [0.25, 0.3) is 0 Å². The number of hydrogen-bond acceptors (Lipinski definition) is 4. The van der Waals surface area contributed by atoms with E-state index in [1.54, 1.807) is 0 Å². The standard InChI is InChI=1S/C13H18N2O3S/c1-9-14-10(8-19-9)6-12(16)15(7-13(17)18)11-4-2-3-5-11/h8,11H,2-7H2,1H3,(H,17,18). The van der Waals surface area contributed by atoms with Gasteiger partial charge in [0.05, 0.1) is 17.1 Å². The molecule has 1 aliphatic carbocycles. The van der Waals surface area contributed by atoms with E-state index in [9.17, 15) is 9.59 Å². The number of aliphatic carboxylic acids is 1. The van der Waals surface area contributed by atoms with Gasteiger partial charge >= 0.3 is 5.97 Å². The lowest BCUT2D eigenvalue weighted by Gasteiger charge is -2.27. The van der Waals surface area contributed by atoms with Crippen molar-refractivity contribution >= 4 is 23.2 Å². The van der Waals surface area contributed by atoms with Gasteiger partial charge in [-0.15, -0.1) is 11.3 Å².